The van der Waals surface area contributed by atoms with Crippen molar-refractivity contribution in [1.82, 2.24) is 19.5 Å². The van der Waals surface area contributed by atoms with E-state index < -0.39 is 18.4 Å². The number of ether oxygens (including phenoxy) is 1. The highest BCUT2D eigenvalue weighted by Gasteiger charge is 2.35. The SMILES string of the molecule is C=CCNc1ncnc2c1ncn2[C@H]1C[C@H](O)[C@@H](CO)O1. The first-order valence-corrected chi connectivity index (χ1v) is 6.71. The van der Waals surface area contributed by atoms with Gasteiger partial charge in [-0.1, -0.05) is 6.08 Å². The van der Waals surface area contributed by atoms with Crippen LogP contribution < -0.4 is 5.32 Å². The summed E-state index contributed by atoms with van der Waals surface area (Å²) in [7, 11) is 0. The molecule has 2 aromatic rings. The molecule has 1 aliphatic heterocycles. The van der Waals surface area contributed by atoms with Gasteiger partial charge in [0.2, 0.25) is 0 Å². The summed E-state index contributed by atoms with van der Waals surface area (Å²) in [5.41, 5.74) is 1.25. The maximum Gasteiger partial charge on any atom is 0.167 e. The van der Waals surface area contributed by atoms with E-state index in [4.69, 9.17) is 9.84 Å². The zero-order valence-corrected chi connectivity index (χ0v) is 11.4. The minimum Gasteiger partial charge on any atom is -0.394 e. The lowest BCUT2D eigenvalue weighted by molar-refractivity contribution is -0.0432. The molecule has 0 bridgehead atoms. The number of hydrogen-bond acceptors (Lipinski definition) is 7. The molecule has 3 heterocycles. The summed E-state index contributed by atoms with van der Waals surface area (Å²) >= 11 is 0. The lowest BCUT2D eigenvalue weighted by Gasteiger charge is -2.13. The Morgan fingerprint density at radius 1 is 1.48 bits per heavy atom. The lowest BCUT2D eigenvalue weighted by Crippen LogP contribution is -2.24. The number of aromatic nitrogens is 4. The van der Waals surface area contributed by atoms with E-state index in [1.54, 1.807) is 17.0 Å². The quantitative estimate of drug-likeness (QED) is 0.669. The van der Waals surface area contributed by atoms with E-state index >= 15 is 0 Å². The van der Waals surface area contributed by atoms with Crippen LogP contribution in [0.1, 0.15) is 12.6 Å². The zero-order valence-electron chi connectivity index (χ0n) is 11.4. The van der Waals surface area contributed by atoms with Crippen molar-refractivity contribution >= 4 is 17.0 Å². The van der Waals surface area contributed by atoms with Crippen LogP contribution in [0, 0.1) is 0 Å². The fourth-order valence-electron chi connectivity index (χ4n) is 2.41. The molecule has 0 aliphatic carbocycles. The predicted molar refractivity (Wildman–Crippen MR) is 75.6 cm³/mol. The number of aliphatic hydroxyl groups is 2. The van der Waals surface area contributed by atoms with Crippen LogP contribution in [0.4, 0.5) is 5.82 Å². The van der Waals surface area contributed by atoms with E-state index in [-0.39, 0.29) is 6.61 Å². The van der Waals surface area contributed by atoms with Gasteiger partial charge in [0.25, 0.3) is 0 Å². The fraction of sp³-hybridized carbons (Fsp3) is 0.462. The number of nitrogens with zero attached hydrogens (tertiary/aromatic N) is 4. The number of imidazole rings is 1. The third-order valence-electron chi connectivity index (χ3n) is 3.47. The molecule has 0 radical (unpaired) electrons. The van der Waals surface area contributed by atoms with Crippen LogP contribution in [-0.2, 0) is 4.74 Å². The molecule has 0 spiro atoms. The van der Waals surface area contributed by atoms with Crippen molar-refractivity contribution in [1.29, 1.82) is 0 Å². The minimum atomic E-state index is -0.697. The van der Waals surface area contributed by atoms with Crippen molar-refractivity contribution in [2.45, 2.75) is 24.9 Å². The van der Waals surface area contributed by atoms with Gasteiger partial charge in [0.05, 0.1) is 19.0 Å². The highest BCUT2D eigenvalue weighted by Crippen LogP contribution is 2.31. The van der Waals surface area contributed by atoms with Crippen LogP contribution in [-0.4, -0.2) is 55.1 Å². The van der Waals surface area contributed by atoms with Crippen LogP contribution in [0.5, 0.6) is 0 Å². The van der Waals surface area contributed by atoms with E-state index in [0.717, 1.165) is 0 Å². The smallest absolute Gasteiger partial charge is 0.167 e. The minimum absolute atomic E-state index is 0.217. The highest BCUT2D eigenvalue weighted by molar-refractivity contribution is 5.82. The van der Waals surface area contributed by atoms with Gasteiger partial charge in [0.1, 0.15) is 18.7 Å². The Kier molecular flexibility index (Phi) is 3.82. The molecule has 1 fully saturated rings. The first-order chi connectivity index (χ1) is 10.2. The van der Waals surface area contributed by atoms with Gasteiger partial charge >= 0.3 is 0 Å². The third kappa shape index (κ3) is 2.48. The largest absolute Gasteiger partial charge is 0.394 e. The Hall–Kier alpha value is -2.03. The van der Waals surface area contributed by atoms with E-state index in [0.29, 0.717) is 29.9 Å². The van der Waals surface area contributed by atoms with Crippen LogP contribution in [0.3, 0.4) is 0 Å². The number of anilines is 1. The van der Waals surface area contributed by atoms with Gasteiger partial charge in [0.15, 0.2) is 17.0 Å². The summed E-state index contributed by atoms with van der Waals surface area (Å²) in [6, 6.07) is 0. The third-order valence-corrected chi connectivity index (χ3v) is 3.47. The van der Waals surface area contributed by atoms with Crippen molar-refractivity contribution in [3.05, 3.63) is 25.3 Å². The predicted octanol–water partition coefficient (Wildman–Crippen LogP) is 0.0649. The van der Waals surface area contributed by atoms with E-state index in [2.05, 4.69) is 26.8 Å². The fourth-order valence-corrected chi connectivity index (χ4v) is 2.41. The van der Waals surface area contributed by atoms with Crippen molar-refractivity contribution < 1.29 is 14.9 Å². The monoisotopic (exact) mass is 291 g/mol. The maximum atomic E-state index is 9.83. The van der Waals surface area contributed by atoms with Crippen molar-refractivity contribution in [2.75, 3.05) is 18.5 Å². The van der Waals surface area contributed by atoms with Gasteiger partial charge in [-0.3, -0.25) is 4.57 Å². The number of fused-ring (bicyclic) bond motifs is 1. The Morgan fingerprint density at radius 3 is 3.05 bits per heavy atom. The summed E-state index contributed by atoms with van der Waals surface area (Å²) < 4.78 is 7.37. The van der Waals surface area contributed by atoms with Gasteiger partial charge in [-0.15, -0.1) is 6.58 Å². The maximum absolute atomic E-state index is 9.83. The second-order valence-electron chi connectivity index (χ2n) is 4.83. The molecule has 0 saturated carbocycles. The Balaban J connectivity index is 1.92. The highest BCUT2D eigenvalue weighted by atomic mass is 16.5. The zero-order chi connectivity index (χ0) is 14.8. The number of rotatable bonds is 5. The molecule has 0 aromatic carbocycles. The second kappa shape index (κ2) is 5.76. The van der Waals surface area contributed by atoms with Crippen LogP contribution in [0.2, 0.25) is 0 Å². The van der Waals surface area contributed by atoms with Gasteiger partial charge in [-0.25, -0.2) is 15.0 Å². The molecule has 2 aromatic heterocycles. The van der Waals surface area contributed by atoms with Gasteiger partial charge in [0, 0.05) is 13.0 Å². The van der Waals surface area contributed by atoms with Crippen LogP contribution >= 0.6 is 0 Å². The lowest BCUT2D eigenvalue weighted by atomic mass is 10.2. The molecule has 112 valence electrons. The summed E-state index contributed by atoms with van der Waals surface area (Å²) in [5, 5.41) is 22.1. The average Bonchev–Trinajstić information content (AvgIpc) is 3.08. The first-order valence-electron chi connectivity index (χ1n) is 6.71. The van der Waals surface area contributed by atoms with Crippen molar-refractivity contribution in [2.24, 2.45) is 0 Å². The molecule has 1 saturated heterocycles. The molecule has 3 rings (SSSR count). The number of hydrogen-bond donors (Lipinski definition) is 3. The summed E-state index contributed by atoms with van der Waals surface area (Å²) in [6.07, 6.45) is 3.49. The van der Waals surface area contributed by atoms with Crippen molar-refractivity contribution in [3.8, 4) is 0 Å². The Labute approximate surface area is 121 Å². The standard InChI is InChI=1S/C13H17N5O3/c1-2-3-14-12-11-13(16-6-15-12)18(7-17-11)10-4-8(20)9(5-19)21-10/h2,6-10,19-20H,1,3-5H2,(H,14,15,16)/t8-,9+,10+/m0/s1. The summed E-state index contributed by atoms with van der Waals surface area (Å²) in [4.78, 5) is 12.7. The van der Waals surface area contributed by atoms with Gasteiger partial charge in [-0.05, 0) is 0 Å². The summed E-state index contributed by atoms with van der Waals surface area (Å²) in [5.74, 6) is 0.621. The van der Waals surface area contributed by atoms with E-state index in [1.165, 1.54) is 6.33 Å². The normalized spacial score (nSPS) is 25.3. The van der Waals surface area contributed by atoms with E-state index in [1.807, 2.05) is 0 Å². The molecule has 3 atom stereocenters. The molecule has 0 amide bonds. The number of aliphatic hydroxyl groups excluding tert-OH is 2. The van der Waals surface area contributed by atoms with Crippen LogP contribution in [0.25, 0.3) is 11.2 Å². The molecule has 21 heavy (non-hydrogen) atoms. The molecule has 0 unspecified atom stereocenters. The number of nitrogens with one attached hydrogen (secondary N) is 1. The molecule has 3 N–H and O–H groups in total. The average molecular weight is 291 g/mol. The molecule has 8 heteroatoms. The summed E-state index contributed by atoms with van der Waals surface area (Å²) in [6.45, 7) is 4.00. The van der Waals surface area contributed by atoms with Gasteiger partial charge in [-0.2, -0.15) is 0 Å². The van der Waals surface area contributed by atoms with Gasteiger partial charge < -0.3 is 20.3 Å². The topological polar surface area (TPSA) is 105 Å². The Bertz CT molecular complexity index is 644. The second-order valence-corrected chi connectivity index (χ2v) is 4.83. The molecule has 1 aliphatic rings. The first kappa shape index (κ1) is 13.9. The van der Waals surface area contributed by atoms with Crippen LogP contribution in [0.15, 0.2) is 25.3 Å². The van der Waals surface area contributed by atoms with Crippen molar-refractivity contribution in [3.63, 3.8) is 0 Å². The Morgan fingerprint density at radius 2 is 2.33 bits per heavy atom. The molecular weight excluding hydrogens is 274 g/mol. The van der Waals surface area contributed by atoms with E-state index in [9.17, 15) is 5.11 Å². The molecular formula is C13H17N5O3. The molecule has 8 nitrogen and oxygen atoms in total.